The molecule has 1 atom stereocenters. The molecule has 0 spiro atoms. The third-order valence-electron chi connectivity index (χ3n) is 3.11. The predicted molar refractivity (Wildman–Crippen MR) is 91.7 cm³/mol. The van der Waals surface area contributed by atoms with Gasteiger partial charge >= 0.3 is 0 Å². The molecule has 0 fully saturated rings. The molecule has 1 unspecified atom stereocenters. The molecule has 0 saturated carbocycles. The van der Waals surface area contributed by atoms with Crippen molar-refractivity contribution < 1.29 is 9.47 Å². The molecule has 0 saturated heterocycles. The number of benzene rings is 1. The Bertz CT molecular complexity index is 585. The molecule has 0 aliphatic heterocycles. The van der Waals surface area contributed by atoms with E-state index in [1.165, 1.54) is 10.4 Å². The van der Waals surface area contributed by atoms with Gasteiger partial charge in [-0.25, -0.2) is 0 Å². The SMILES string of the molecule is CCNC(c1ccc(OCC)c(Br)c1)c1cc(OC)cs1. The van der Waals surface area contributed by atoms with E-state index < -0.39 is 0 Å². The lowest BCUT2D eigenvalue weighted by Gasteiger charge is -2.18. The molecule has 0 aliphatic rings. The molecule has 1 aromatic carbocycles. The van der Waals surface area contributed by atoms with Gasteiger partial charge in [-0.3, -0.25) is 0 Å². The molecule has 1 N–H and O–H groups in total. The van der Waals surface area contributed by atoms with Gasteiger partial charge < -0.3 is 14.8 Å². The fourth-order valence-corrected chi connectivity index (χ4v) is 3.62. The Labute approximate surface area is 138 Å². The molecule has 2 rings (SSSR count). The van der Waals surface area contributed by atoms with E-state index in [-0.39, 0.29) is 6.04 Å². The van der Waals surface area contributed by atoms with Crippen LogP contribution in [-0.4, -0.2) is 20.3 Å². The Morgan fingerprint density at radius 3 is 2.67 bits per heavy atom. The van der Waals surface area contributed by atoms with E-state index >= 15 is 0 Å². The molecule has 5 heteroatoms. The van der Waals surface area contributed by atoms with Crippen LogP contribution >= 0.6 is 27.3 Å². The fourth-order valence-electron chi connectivity index (χ4n) is 2.15. The van der Waals surface area contributed by atoms with E-state index in [2.05, 4.69) is 46.4 Å². The van der Waals surface area contributed by atoms with Crippen LogP contribution in [0.15, 0.2) is 34.1 Å². The molecule has 0 bridgehead atoms. The topological polar surface area (TPSA) is 30.5 Å². The minimum Gasteiger partial charge on any atom is -0.496 e. The summed E-state index contributed by atoms with van der Waals surface area (Å²) in [5.41, 5.74) is 1.21. The number of nitrogens with one attached hydrogen (secondary N) is 1. The lowest BCUT2D eigenvalue weighted by atomic mass is 10.1. The summed E-state index contributed by atoms with van der Waals surface area (Å²) in [6.45, 7) is 5.66. The first-order chi connectivity index (χ1) is 10.2. The van der Waals surface area contributed by atoms with Crippen LogP contribution in [0.25, 0.3) is 0 Å². The standard InChI is InChI=1S/C16H20BrNO2S/c1-4-18-16(15-9-12(19-3)10-21-15)11-6-7-14(20-5-2)13(17)8-11/h6-10,16,18H,4-5H2,1-3H3. The fraction of sp³-hybridized carbons (Fsp3) is 0.375. The largest absolute Gasteiger partial charge is 0.496 e. The first-order valence-corrected chi connectivity index (χ1v) is 8.64. The maximum Gasteiger partial charge on any atom is 0.133 e. The molecule has 0 aliphatic carbocycles. The first-order valence-electron chi connectivity index (χ1n) is 6.97. The molecular weight excluding hydrogens is 350 g/mol. The van der Waals surface area contributed by atoms with Crippen molar-refractivity contribution in [3.05, 3.63) is 44.6 Å². The van der Waals surface area contributed by atoms with Crippen LogP contribution < -0.4 is 14.8 Å². The summed E-state index contributed by atoms with van der Waals surface area (Å²) in [4.78, 5) is 1.24. The number of hydrogen-bond donors (Lipinski definition) is 1. The summed E-state index contributed by atoms with van der Waals surface area (Å²) in [5.74, 6) is 1.78. The van der Waals surface area contributed by atoms with Crippen LogP contribution in [0.2, 0.25) is 0 Å². The monoisotopic (exact) mass is 369 g/mol. The molecule has 1 aromatic heterocycles. The second-order valence-corrected chi connectivity index (χ2v) is 6.30. The normalized spacial score (nSPS) is 12.2. The van der Waals surface area contributed by atoms with Crippen molar-refractivity contribution in [1.82, 2.24) is 5.32 Å². The van der Waals surface area contributed by atoms with E-state index in [1.54, 1.807) is 18.4 Å². The number of thiophene rings is 1. The first kappa shape index (κ1) is 16.3. The highest BCUT2D eigenvalue weighted by molar-refractivity contribution is 9.10. The molecule has 3 nitrogen and oxygen atoms in total. The van der Waals surface area contributed by atoms with Crippen molar-refractivity contribution in [3.63, 3.8) is 0 Å². The van der Waals surface area contributed by atoms with E-state index in [0.717, 1.165) is 22.5 Å². The van der Waals surface area contributed by atoms with Crippen LogP contribution in [0, 0.1) is 0 Å². The predicted octanol–water partition coefficient (Wildman–Crippen LogP) is 4.62. The summed E-state index contributed by atoms with van der Waals surface area (Å²) in [5, 5.41) is 5.56. The van der Waals surface area contributed by atoms with Crippen molar-refractivity contribution in [1.29, 1.82) is 0 Å². The van der Waals surface area contributed by atoms with Gasteiger partial charge in [-0.2, -0.15) is 0 Å². The Hall–Kier alpha value is -1.04. The lowest BCUT2D eigenvalue weighted by molar-refractivity contribution is 0.338. The highest BCUT2D eigenvalue weighted by Crippen LogP contribution is 2.34. The zero-order valence-electron chi connectivity index (χ0n) is 12.5. The lowest BCUT2D eigenvalue weighted by Crippen LogP contribution is -2.21. The Morgan fingerprint density at radius 2 is 2.10 bits per heavy atom. The van der Waals surface area contributed by atoms with Gasteiger partial charge in [-0.15, -0.1) is 11.3 Å². The quantitative estimate of drug-likeness (QED) is 0.772. The number of hydrogen-bond acceptors (Lipinski definition) is 4. The zero-order valence-corrected chi connectivity index (χ0v) is 14.9. The molecule has 1 heterocycles. The van der Waals surface area contributed by atoms with Crippen molar-refractivity contribution in [2.45, 2.75) is 19.9 Å². The third-order valence-corrected chi connectivity index (χ3v) is 4.71. The van der Waals surface area contributed by atoms with Crippen molar-refractivity contribution in [2.24, 2.45) is 0 Å². The van der Waals surface area contributed by atoms with Gasteiger partial charge in [-0.05, 0) is 53.2 Å². The summed E-state index contributed by atoms with van der Waals surface area (Å²) < 4.78 is 11.8. The summed E-state index contributed by atoms with van der Waals surface area (Å²) in [7, 11) is 1.70. The van der Waals surface area contributed by atoms with Gasteiger partial charge in [-0.1, -0.05) is 13.0 Å². The average Bonchev–Trinajstić information content (AvgIpc) is 2.96. The van der Waals surface area contributed by atoms with Crippen LogP contribution in [0.3, 0.4) is 0 Å². The highest BCUT2D eigenvalue weighted by Gasteiger charge is 2.17. The second kappa shape index (κ2) is 7.82. The van der Waals surface area contributed by atoms with Gasteiger partial charge in [0.05, 0.1) is 24.2 Å². The molecule has 0 amide bonds. The molecule has 0 radical (unpaired) electrons. The van der Waals surface area contributed by atoms with Gasteiger partial charge in [0, 0.05) is 10.3 Å². The smallest absolute Gasteiger partial charge is 0.133 e. The number of halogens is 1. The van der Waals surface area contributed by atoms with Crippen LogP contribution in [0.1, 0.15) is 30.3 Å². The second-order valence-electron chi connectivity index (χ2n) is 4.50. The van der Waals surface area contributed by atoms with Crippen LogP contribution in [0.4, 0.5) is 0 Å². The van der Waals surface area contributed by atoms with Gasteiger partial charge in [0.25, 0.3) is 0 Å². The minimum absolute atomic E-state index is 0.163. The number of ether oxygens (including phenoxy) is 2. The zero-order chi connectivity index (χ0) is 15.2. The summed E-state index contributed by atoms with van der Waals surface area (Å²) in [6, 6.07) is 8.48. The number of methoxy groups -OCH3 is 1. The van der Waals surface area contributed by atoms with E-state index in [9.17, 15) is 0 Å². The van der Waals surface area contributed by atoms with E-state index in [4.69, 9.17) is 9.47 Å². The van der Waals surface area contributed by atoms with E-state index in [0.29, 0.717) is 6.61 Å². The Kier molecular flexibility index (Phi) is 6.08. The van der Waals surface area contributed by atoms with Crippen LogP contribution in [-0.2, 0) is 0 Å². The summed E-state index contributed by atoms with van der Waals surface area (Å²) >= 11 is 5.29. The van der Waals surface area contributed by atoms with E-state index in [1.807, 2.05) is 18.4 Å². The maximum absolute atomic E-state index is 5.57. The molecular formula is C16H20BrNO2S. The minimum atomic E-state index is 0.163. The van der Waals surface area contributed by atoms with Gasteiger partial charge in [0.15, 0.2) is 0 Å². The average molecular weight is 370 g/mol. The van der Waals surface area contributed by atoms with Crippen molar-refractivity contribution >= 4 is 27.3 Å². The van der Waals surface area contributed by atoms with Gasteiger partial charge in [0.1, 0.15) is 11.5 Å². The molecule has 21 heavy (non-hydrogen) atoms. The maximum atomic E-state index is 5.57. The Balaban J connectivity index is 2.31. The van der Waals surface area contributed by atoms with Gasteiger partial charge in [0.2, 0.25) is 0 Å². The molecule has 114 valence electrons. The summed E-state index contributed by atoms with van der Waals surface area (Å²) in [6.07, 6.45) is 0. The van der Waals surface area contributed by atoms with Crippen molar-refractivity contribution in [3.8, 4) is 11.5 Å². The number of rotatable bonds is 7. The van der Waals surface area contributed by atoms with Crippen LogP contribution in [0.5, 0.6) is 11.5 Å². The van der Waals surface area contributed by atoms with Crippen molar-refractivity contribution in [2.75, 3.05) is 20.3 Å². The third kappa shape index (κ3) is 3.99. The Morgan fingerprint density at radius 1 is 1.29 bits per heavy atom. The molecule has 2 aromatic rings. The highest BCUT2D eigenvalue weighted by atomic mass is 79.9.